The number of ether oxygens (including phenoxy) is 1. The summed E-state index contributed by atoms with van der Waals surface area (Å²) in [5.41, 5.74) is -1.56. The molecule has 0 bridgehead atoms. The van der Waals surface area contributed by atoms with Gasteiger partial charge in [-0.05, 0) is 19.1 Å². The fraction of sp³-hybridized carbons (Fsp3) is 0.462. The first-order chi connectivity index (χ1) is 10.4. The number of amides is 3. The number of rotatable bonds is 8. The summed E-state index contributed by atoms with van der Waals surface area (Å²) >= 11 is 0. The van der Waals surface area contributed by atoms with E-state index in [-0.39, 0.29) is 19.7 Å². The minimum atomic E-state index is -1.56. The van der Waals surface area contributed by atoms with Crippen molar-refractivity contribution < 1.29 is 28.6 Å². The zero-order valence-electron chi connectivity index (χ0n) is 12.3. The highest BCUT2D eigenvalue weighted by atomic mass is 16.5. The first kappa shape index (κ1) is 17.5. The molecule has 122 valence electrons. The topological polar surface area (TPSA) is 130 Å². The number of methoxy groups -OCH3 is 1. The summed E-state index contributed by atoms with van der Waals surface area (Å²) in [6.07, 6.45) is 1.48. The second-order valence-electron chi connectivity index (χ2n) is 4.73. The predicted molar refractivity (Wildman–Crippen MR) is 75.0 cm³/mol. The Balaban J connectivity index is 2.35. The van der Waals surface area contributed by atoms with Gasteiger partial charge in [-0.3, -0.25) is 4.79 Å². The summed E-state index contributed by atoms with van der Waals surface area (Å²) < 4.78 is 9.80. The maximum absolute atomic E-state index is 11.7. The lowest BCUT2D eigenvalue weighted by Gasteiger charge is -2.25. The first-order valence-electron chi connectivity index (χ1n) is 6.45. The number of carbonyl (C=O) groups excluding carboxylic acids is 2. The molecular formula is C13H19N3O6. The number of nitrogens with one attached hydrogen (secondary N) is 3. The third kappa shape index (κ3) is 5.44. The Labute approximate surface area is 127 Å². The van der Waals surface area contributed by atoms with Crippen LogP contribution < -0.4 is 16.0 Å². The van der Waals surface area contributed by atoms with Crippen LogP contribution in [0.2, 0.25) is 0 Å². The molecule has 1 atom stereocenters. The van der Waals surface area contributed by atoms with E-state index in [0.29, 0.717) is 5.76 Å². The molecule has 0 spiro atoms. The van der Waals surface area contributed by atoms with E-state index in [2.05, 4.69) is 16.0 Å². The molecule has 9 nitrogen and oxygen atoms in total. The third-order valence-electron chi connectivity index (χ3n) is 2.73. The van der Waals surface area contributed by atoms with E-state index in [1.54, 1.807) is 12.1 Å². The van der Waals surface area contributed by atoms with Gasteiger partial charge in [0.15, 0.2) is 5.54 Å². The normalized spacial score (nSPS) is 13.0. The van der Waals surface area contributed by atoms with Crippen LogP contribution in [0.5, 0.6) is 0 Å². The van der Waals surface area contributed by atoms with Gasteiger partial charge in [-0.25, -0.2) is 9.59 Å². The second-order valence-corrected chi connectivity index (χ2v) is 4.73. The monoisotopic (exact) mass is 313 g/mol. The highest BCUT2D eigenvalue weighted by Gasteiger charge is 2.34. The quantitative estimate of drug-likeness (QED) is 0.520. The number of aliphatic carboxylic acids is 1. The van der Waals surface area contributed by atoms with Gasteiger partial charge in [0.25, 0.3) is 0 Å². The summed E-state index contributed by atoms with van der Waals surface area (Å²) in [5, 5.41) is 16.2. The van der Waals surface area contributed by atoms with Crippen molar-refractivity contribution in [2.75, 3.05) is 20.3 Å². The van der Waals surface area contributed by atoms with Crippen molar-refractivity contribution in [3.05, 3.63) is 24.2 Å². The first-order valence-corrected chi connectivity index (χ1v) is 6.45. The number of hydrogen-bond donors (Lipinski definition) is 4. The number of furan rings is 1. The zero-order valence-corrected chi connectivity index (χ0v) is 12.3. The fourth-order valence-corrected chi connectivity index (χ4v) is 1.60. The molecule has 0 saturated heterocycles. The largest absolute Gasteiger partial charge is 0.479 e. The van der Waals surface area contributed by atoms with Gasteiger partial charge in [-0.2, -0.15) is 0 Å². The third-order valence-corrected chi connectivity index (χ3v) is 2.73. The smallest absolute Gasteiger partial charge is 0.331 e. The number of urea groups is 1. The van der Waals surface area contributed by atoms with Crippen molar-refractivity contribution in [3.63, 3.8) is 0 Å². The summed E-state index contributed by atoms with van der Waals surface area (Å²) in [6.45, 7) is 0.931. The molecule has 0 aliphatic rings. The van der Waals surface area contributed by atoms with E-state index < -0.39 is 23.4 Å². The van der Waals surface area contributed by atoms with Crippen molar-refractivity contribution in [1.29, 1.82) is 0 Å². The van der Waals surface area contributed by atoms with Gasteiger partial charge in [-0.1, -0.05) is 0 Å². The summed E-state index contributed by atoms with van der Waals surface area (Å²) in [4.78, 5) is 34.3. The Kier molecular flexibility index (Phi) is 6.39. The van der Waals surface area contributed by atoms with Gasteiger partial charge in [0, 0.05) is 7.11 Å². The van der Waals surface area contributed by atoms with Crippen LogP contribution in [0, 0.1) is 0 Å². The standard InChI is InChI=1S/C13H19N3O6/c1-13(8-21-2,11(18)19)16-10(17)7-15-12(20)14-6-9-4-3-5-22-9/h3-5H,6-8H2,1-2H3,(H,16,17)(H,18,19)(H2,14,15,20). The molecule has 4 N–H and O–H groups in total. The Bertz CT molecular complexity index is 516. The summed E-state index contributed by atoms with van der Waals surface area (Å²) in [5.74, 6) is -1.31. The van der Waals surface area contributed by atoms with Crippen molar-refractivity contribution in [3.8, 4) is 0 Å². The Morgan fingerprint density at radius 2 is 2.09 bits per heavy atom. The maximum atomic E-state index is 11.7. The Morgan fingerprint density at radius 1 is 1.36 bits per heavy atom. The van der Waals surface area contributed by atoms with E-state index in [9.17, 15) is 14.4 Å². The van der Waals surface area contributed by atoms with Crippen LogP contribution >= 0.6 is 0 Å². The highest BCUT2D eigenvalue weighted by molar-refractivity contribution is 5.89. The number of hydrogen-bond acceptors (Lipinski definition) is 5. The molecule has 1 rings (SSSR count). The number of carboxylic acid groups (broad SMARTS) is 1. The lowest BCUT2D eigenvalue weighted by atomic mass is 10.0. The van der Waals surface area contributed by atoms with Crippen LogP contribution in [0.1, 0.15) is 12.7 Å². The zero-order chi connectivity index (χ0) is 16.6. The molecule has 1 aromatic rings. The molecule has 0 aliphatic carbocycles. The molecule has 9 heteroatoms. The van der Waals surface area contributed by atoms with Crippen LogP contribution in [-0.4, -0.2) is 48.8 Å². The molecule has 0 radical (unpaired) electrons. The number of carboxylic acids is 1. The SMILES string of the molecule is COCC(C)(NC(=O)CNC(=O)NCc1ccco1)C(=O)O. The van der Waals surface area contributed by atoms with Crippen LogP contribution in [0.25, 0.3) is 0 Å². The molecule has 1 unspecified atom stereocenters. The minimum Gasteiger partial charge on any atom is -0.479 e. The predicted octanol–water partition coefficient (Wildman–Crippen LogP) is -0.315. The Morgan fingerprint density at radius 3 is 2.64 bits per heavy atom. The van der Waals surface area contributed by atoms with E-state index in [1.165, 1.54) is 20.3 Å². The Hall–Kier alpha value is -2.55. The molecule has 0 saturated carbocycles. The molecule has 1 aromatic heterocycles. The average Bonchev–Trinajstić information content (AvgIpc) is 2.96. The summed E-state index contributed by atoms with van der Waals surface area (Å²) in [6, 6.07) is 2.80. The van der Waals surface area contributed by atoms with E-state index in [1.807, 2.05) is 0 Å². The lowest BCUT2D eigenvalue weighted by molar-refractivity contribution is -0.149. The van der Waals surface area contributed by atoms with E-state index in [0.717, 1.165) is 0 Å². The number of carbonyl (C=O) groups is 3. The van der Waals surface area contributed by atoms with Crippen molar-refractivity contribution in [2.24, 2.45) is 0 Å². The van der Waals surface area contributed by atoms with Crippen molar-refractivity contribution in [1.82, 2.24) is 16.0 Å². The van der Waals surface area contributed by atoms with Crippen LogP contribution in [-0.2, 0) is 20.9 Å². The fourth-order valence-electron chi connectivity index (χ4n) is 1.60. The molecular weight excluding hydrogens is 294 g/mol. The molecule has 1 heterocycles. The molecule has 3 amide bonds. The molecule has 0 aromatic carbocycles. The summed E-state index contributed by atoms with van der Waals surface area (Å²) in [7, 11) is 1.33. The molecule has 22 heavy (non-hydrogen) atoms. The van der Waals surface area contributed by atoms with Gasteiger partial charge in [0.2, 0.25) is 5.91 Å². The maximum Gasteiger partial charge on any atom is 0.331 e. The van der Waals surface area contributed by atoms with Crippen molar-refractivity contribution in [2.45, 2.75) is 19.0 Å². The minimum absolute atomic E-state index is 0.178. The van der Waals surface area contributed by atoms with Gasteiger partial charge in [-0.15, -0.1) is 0 Å². The molecule has 0 fully saturated rings. The van der Waals surface area contributed by atoms with Crippen molar-refractivity contribution >= 4 is 17.9 Å². The average molecular weight is 313 g/mol. The van der Waals surface area contributed by atoms with Crippen LogP contribution in [0.15, 0.2) is 22.8 Å². The van der Waals surface area contributed by atoms with Crippen LogP contribution in [0.4, 0.5) is 4.79 Å². The van der Waals surface area contributed by atoms with E-state index >= 15 is 0 Å². The van der Waals surface area contributed by atoms with Gasteiger partial charge >= 0.3 is 12.0 Å². The molecule has 0 aliphatic heterocycles. The van der Waals surface area contributed by atoms with Gasteiger partial charge < -0.3 is 30.2 Å². The van der Waals surface area contributed by atoms with E-state index in [4.69, 9.17) is 14.3 Å². The highest BCUT2D eigenvalue weighted by Crippen LogP contribution is 2.04. The van der Waals surface area contributed by atoms with Crippen LogP contribution in [0.3, 0.4) is 0 Å². The lowest BCUT2D eigenvalue weighted by Crippen LogP contribution is -2.57. The van der Waals surface area contributed by atoms with Gasteiger partial charge in [0.1, 0.15) is 5.76 Å². The van der Waals surface area contributed by atoms with Gasteiger partial charge in [0.05, 0.1) is 26.0 Å². The second kappa shape index (κ2) is 8.03.